The van der Waals surface area contributed by atoms with Crippen molar-refractivity contribution in [1.82, 2.24) is 10.2 Å². The average Bonchev–Trinajstić information content (AvgIpc) is 2.45. The number of amides is 1. The highest BCUT2D eigenvalue weighted by Gasteiger charge is 2.16. The summed E-state index contributed by atoms with van der Waals surface area (Å²) < 4.78 is 5.16. The normalized spacial score (nSPS) is 14.4. The van der Waals surface area contributed by atoms with Gasteiger partial charge in [-0.2, -0.15) is 0 Å². The molecule has 19 heavy (non-hydrogen) atoms. The fourth-order valence-corrected chi connectivity index (χ4v) is 1.75. The highest BCUT2D eigenvalue weighted by molar-refractivity contribution is 5.75. The van der Waals surface area contributed by atoms with Gasteiger partial charge < -0.3 is 19.7 Å². The minimum Gasteiger partial charge on any atom is -0.449 e. The van der Waals surface area contributed by atoms with Crippen molar-refractivity contribution in [2.24, 2.45) is 0 Å². The zero-order valence-corrected chi connectivity index (χ0v) is 12.5. The number of nitrogens with one attached hydrogen (secondary N) is 1. The number of hydrogen-bond donors (Lipinski definition) is 1. The molecule has 5 heteroatoms. The summed E-state index contributed by atoms with van der Waals surface area (Å²) in [5, 5.41) is 3.18. The lowest BCUT2D eigenvalue weighted by atomic mass is 10.1. The molecule has 0 unspecified atom stereocenters. The van der Waals surface area contributed by atoms with Crippen molar-refractivity contribution in [3.05, 3.63) is 0 Å². The number of unbranched alkanes of at least 4 members (excludes halogenated alkanes) is 2. The standard InChI is InChI=1S/C12H22N2O3.C2H6/c1-11(15)5-3-2-4-10-17-12(16)14-8-6-13-7-9-14;1-2/h13H,2-10H2,1H3;1-2H3. The van der Waals surface area contributed by atoms with Gasteiger partial charge in [-0.15, -0.1) is 0 Å². The highest BCUT2D eigenvalue weighted by Crippen LogP contribution is 2.02. The second-order valence-corrected chi connectivity index (χ2v) is 4.36. The maximum Gasteiger partial charge on any atom is 0.409 e. The van der Waals surface area contributed by atoms with Gasteiger partial charge in [-0.05, 0) is 26.2 Å². The molecular weight excluding hydrogens is 244 g/mol. The van der Waals surface area contributed by atoms with Crippen molar-refractivity contribution in [3.8, 4) is 0 Å². The Hall–Kier alpha value is -1.10. The Bertz CT molecular complexity index is 251. The van der Waals surface area contributed by atoms with Gasteiger partial charge in [0.05, 0.1) is 6.61 Å². The van der Waals surface area contributed by atoms with E-state index in [-0.39, 0.29) is 11.9 Å². The van der Waals surface area contributed by atoms with E-state index in [2.05, 4.69) is 5.32 Å². The molecule has 1 rings (SSSR count). The topological polar surface area (TPSA) is 58.6 Å². The predicted molar refractivity (Wildman–Crippen MR) is 76.3 cm³/mol. The molecule has 1 fully saturated rings. The Morgan fingerprint density at radius 3 is 2.32 bits per heavy atom. The third-order valence-corrected chi connectivity index (χ3v) is 2.77. The van der Waals surface area contributed by atoms with E-state index in [1.165, 1.54) is 0 Å². The van der Waals surface area contributed by atoms with Gasteiger partial charge in [0.1, 0.15) is 5.78 Å². The fraction of sp³-hybridized carbons (Fsp3) is 0.857. The Morgan fingerprint density at radius 1 is 1.11 bits per heavy atom. The Morgan fingerprint density at radius 2 is 1.74 bits per heavy atom. The first kappa shape index (κ1) is 17.9. The van der Waals surface area contributed by atoms with Crippen LogP contribution in [0.1, 0.15) is 46.5 Å². The van der Waals surface area contributed by atoms with Crippen LogP contribution >= 0.6 is 0 Å². The van der Waals surface area contributed by atoms with Crippen LogP contribution in [-0.4, -0.2) is 49.6 Å². The first-order valence-electron chi connectivity index (χ1n) is 7.32. The van der Waals surface area contributed by atoms with Gasteiger partial charge in [-0.25, -0.2) is 4.79 Å². The summed E-state index contributed by atoms with van der Waals surface area (Å²) in [6.45, 7) is 9.19. The molecule has 0 bridgehead atoms. The number of carbonyl (C=O) groups is 2. The van der Waals surface area contributed by atoms with Crippen molar-refractivity contribution < 1.29 is 14.3 Å². The van der Waals surface area contributed by atoms with Gasteiger partial charge in [0.25, 0.3) is 0 Å². The highest BCUT2D eigenvalue weighted by atomic mass is 16.6. The molecule has 0 aliphatic carbocycles. The van der Waals surface area contributed by atoms with Crippen LogP contribution in [0, 0.1) is 0 Å². The summed E-state index contributed by atoms with van der Waals surface area (Å²) in [7, 11) is 0. The molecule has 112 valence electrons. The zero-order valence-electron chi connectivity index (χ0n) is 12.5. The van der Waals surface area contributed by atoms with Crippen LogP contribution in [0.4, 0.5) is 4.79 Å². The zero-order chi connectivity index (χ0) is 14.5. The molecule has 0 spiro atoms. The monoisotopic (exact) mass is 272 g/mol. The molecule has 1 aliphatic rings. The van der Waals surface area contributed by atoms with E-state index in [4.69, 9.17) is 4.74 Å². The van der Waals surface area contributed by atoms with Crippen molar-refractivity contribution in [3.63, 3.8) is 0 Å². The summed E-state index contributed by atoms with van der Waals surface area (Å²) in [5.74, 6) is 0.225. The third kappa shape index (κ3) is 9.47. The molecule has 0 aromatic carbocycles. The number of Topliss-reactive ketones (excluding diaryl/α,β-unsaturated/α-hetero) is 1. The minimum absolute atomic E-state index is 0.210. The maximum absolute atomic E-state index is 11.6. The lowest BCUT2D eigenvalue weighted by molar-refractivity contribution is -0.117. The van der Waals surface area contributed by atoms with Crippen molar-refractivity contribution >= 4 is 11.9 Å². The molecule has 1 aliphatic heterocycles. The second-order valence-electron chi connectivity index (χ2n) is 4.36. The number of rotatable bonds is 6. The number of nitrogens with zero attached hydrogens (tertiary/aromatic N) is 1. The van der Waals surface area contributed by atoms with E-state index < -0.39 is 0 Å². The number of hydrogen-bond acceptors (Lipinski definition) is 4. The number of ether oxygens (including phenoxy) is 1. The minimum atomic E-state index is -0.210. The van der Waals surface area contributed by atoms with Crippen LogP contribution in [0.3, 0.4) is 0 Å². The van der Waals surface area contributed by atoms with Crippen LogP contribution in [0.25, 0.3) is 0 Å². The lowest BCUT2D eigenvalue weighted by Gasteiger charge is -2.26. The molecule has 0 saturated carbocycles. The van der Waals surface area contributed by atoms with E-state index in [0.717, 1.165) is 45.4 Å². The van der Waals surface area contributed by atoms with Crippen LogP contribution in [-0.2, 0) is 9.53 Å². The molecular formula is C14H28N2O3. The molecule has 0 atom stereocenters. The maximum atomic E-state index is 11.6. The number of carbonyl (C=O) groups excluding carboxylic acids is 2. The molecule has 1 N–H and O–H groups in total. The predicted octanol–water partition coefficient (Wildman–Crippen LogP) is 2.20. The van der Waals surface area contributed by atoms with Crippen molar-refractivity contribution in [2.75, 3.05) is 32.8 Å². The van der Waals surface area contributed by atoms with Gasteiger partial charge >= 0.3 is 6.09 Å². The van der Waals surface area contributed by atoms with E-state index in [1.807, 2.05) is 13.8 Å². The third-order valence-electron chi connectivity index (χ3n) is 2.77. The smallest absolute Gasteiger partial charge is 0.409 e. The summed E-state index contributed by atoms with van der Waals surface area (Å²) in [4.78, 5) is 24.0. The van der Waals surface area contributed by atoms with Gasteiger partial charge in [0.15, 0.2) is 0 Å². The quantitative estimate of drug-likeness (QED) is 0.753. The summed E-state index contributed by atoms with van der Waals surface area (Å²) in [5.41, 5.74) is 0. The largest absolute Gasteiger partial charge is 0.449 e. The molecule has 0 aromatic rings. The van der Waals surface area contributed by atoms with Crippen LogP contribution in [0.15, 0.2) is 0 Å². The van der Waals surface area contributed by atoms with Gasteiger partial charge in [0, 0.05) is 32.6 Å². The van der Waals surface area contributed by atoms with E-state index in [0.29, 0.717) is 13.0 Å². The fourth-order valence-electron chi connectivity index (χ4n) is 1.75. The molecule has 1 amide bonds. The SMILES string of the molecule is CC.CC(=O)CCCCCOC(=O)N1CCNCC1. The number of piperazine rings is 1. The van der Waals surface area contributed by atoms with Crippen molar-refractivity contribution in [2.45, 2.75) is 46.5 Å². The first-order valence-corrected chi connectivity index (χ1v) is 7.32. The summed E-state index contributed by atoms with van der Waals surface area (Å²) in [6.07, 6.45) is 3.09. The van der Waals surface area contributed by atoms with Gasteiger partial charge in [0.2, 0.25) is 0 Å². The van der Waals surface area contributed by atoms with E-state index in [9.17, 15) is 9.59 Å². The molecule has 0 radical (unpaired) electrons. The van der Waals surface area contributed by atoms with Gasteiger partial charge in [-0.3, -0.25) is 0 Å². The molecule has 0 aromatic heterocycles. The van der Waals surface area contributed by atoms with Crippen LogP contribution in [0.5, 0.6) is 0 Å². The molecule has 5 nitrogen and oxygen atoms in total. The Labute approximate surface area is 116 Å². The van der Waals surface area contributed by atoms with Crippen LogP contribution in [0.2, 0.25) is 0 Å². The summed E-state index contributed by atoms with van der Waals surface area (Å²) in [6, 6.07) is 0. The molecule has 1 heterocycles. The first-order chi connectivity index (χ1) is 9.20. The van der Waals surface area contributed by atoms with E-state index in [1.54, 1.807) is 11.8 Å². The van der Waals surface area contributed by atoms with E-state index >= 15 is 0 Å². The van der Waals surface area contributed by atoms with Gasteiger partial charge in [-0.1, -0.05) is 13.8 Å². The van der Waals surface area contributed by atoms with Crippen LogP contribution < -0.4 is 5.32 Å². The van der Waals surface area contributed by atoms with Crippen molar-refractivity contribution in [1.29, 1.82) is 0 Å². The molecule has 1 saturated heterocycles. The average molecular weight is 272 g/mol. The Balaban J connectivity index is 0.00000154. The second kappa shape index (κ2) is 12.0. The summed E-state index contributed by atoms with van der Waals surface area (Å²) >= 11 is 0. The number of ketones is 1. The lowest BCUT2D eigenvalue weighted by Crippen LogP contribution is -2.46. The Kier molecular flexibility index (Phi) is 11.3.